The zero-order valence-electron chi connectivity index (χ0n) is 17.5. The van der Waals surface area contributed by atoms with Crippen LogP contribution in [0.3, 0.4) is 0 Å². The van der Waals surface area contributed by atoms with Gasteiger partial charge in [-0.1, -0.05) is 12.1 Å². The molecule has 0 saturated heterocycles. The number of nitrogens with zero attached hydrogens (tertiary/aromatic N) is 3. The third kappa shape index (κ3) is 5.38. The summed E-state index contributed by atoms with van der Waals surface area (Å²) in [5.41, 5.74) is 4.22. The largest absolute Gasteiger partial charge is 0.481 e. The van der Waals surface area contributed by atoms with Gasteiger partial charge in [0.25, 0.3) is 0 Å². The van der Waals surface area contributed by atoms with E-state index >= 15 is 0 Å². The maximum absolute atomic E-state index is 11.4. The fourth-order valence-corrected chi connectivity index (χ4v) is 4.78. The number of thiazole rings is 1. The highest BCUT2D eigenvalue weighted by atomic mass is 32.1. The van der Waals surface area contributed by atoms with Gasteiger partial charge in [-0.2, -0.15) is 0 Å². The van der Waals surface area contributed by atoms with E-state index in [1.807, 2.05) is 11.4 Å². The zero-order chi connectivity index (χ0) is 21.6. The van der Waals surface area contributed by atoms with Crippen LogP contribution in [0.2, 0.25) is 0 Å². The second kappa shape index (κ2) is 9.87. The number of nitrogens with one attached hydrogen (secondary N) is 1. The molecule has 4 rings (SSSR count). The zero-order valence-corrected chi connectivity index (χ0v) is 18.3. The number of rotatable bonds is 9. The Kier molecular flexibility index (Phi) is 6.76. The van der Waals surface area contributed by atoms with Crippen LogP contribution in [0, 0.1) is 0 Å². The molecule has 0 aliphatic carbocycles. The van der Waals surface area contributed by atoms with Crippen molar-refractivity contribution in [2.45, 2.75) is 44.4 Å². The molecule has 0 saturated carbocycles. The number of fused-ring (bicyclic) bond motifs is 1. The van der Waals surface area contributed by atoms with Crippen molar-refractivity contribution < 1.29 is 14.6 Å². The first kappa shape index (κ1) is 21.2. The highest BCUT2D eigenvalue weighted by molar-refractivity contribution is 7.09. The molecule has 0 bridgehead atoms. The summed E-state index contributed by atoms with van der Waals surface area (Å²) in [4.78, 5) is 25.2. The first-order valence-corrected chi connectivity index (χ1v) is 11.4. The predicted octanol–water partition coefficient (Wildman–Crippen LogP) is 4.08. The third-order valence-electron chi connectivity index (χ3n) is 5.43. The van der Waals surface area contributed by atoms with Crippen LogP contribution >= 0.6 is 11.3 Å². The summed E-state index contributed by atoms with van der Waals surface area (Å²) in [6.45, 7) is 0.992. The van der Waals surface area contributed by atoms with Crippen LogP contribution < -0.4 is 10.1 Å². The molecule has 2 N–H and O–H groups in total. The molecule has 7 nitrogen and oxygen atoms in total. The Labute approximate surface area is 185 Å². The second-order valence-corrected chi connectivity index (χ2v) is 8.55. The Morgan fingerprint density at radius 2 is 2.10 bits per heavy atom. The van der Waals surface area contributed by atoms with Crippen LogP contribution in [-0.2, 0) is 24.1 Å². The van der Waals surface area contributed by atoms with Crippen molar-refractivity contribution in [3.8, 4) is 5.88 Å². The number of anilines is 1. The summed E-state index contributed by atoms with van der Waals surface area (Å²) >= 11 is 1.51. The number of aryl methyl sites for hydroxylation is 3. The van der Waals surface area contributed by atoms with Gasteiger partial charge in [0.1, 0.15) is 10.8 Å². The fourth-order valence-electron chi connectivity index (χ4n) is 3.80. The first-order chi connectivity index (χ1) is 15.1. The molecule has 0 radical (unpaired) electrons. The molecule has 0 amide bonds. The molecule has 162 valence electrons. The lowest BCUT2D eigenvalue weighted by molar-refractivity contribution is -0.137. The Bertz CT molecular complexity index is 1040. The Balaban J connectivity index is 1.40. The third-order valence-corrected chi connectivity index (χ3v) is 6.44. The van der Waals surface area contributed by atoms with Crippen molar-refractivity contribution in [1.29, 1.82) is 0 Å². The lowest BCUT2D eigenvalue weighted by Crippen LogP contribution is -2.14. The molecular formula is C23H26N4O3S. The van der Waals surface area contributed by atoms with Crippen molar-refractivity contribution in [3.63, 3.8) is 0 Å². The summed E-state index contributed by atoms with van der Waals surface area (Å²) < 4.78 is 5.10. The Hall–Kier alpha value is -3.00. The molecule has 1 atom stereocenters. The summed E-state index contributed by atoms with van der Waals surface area (Å²) in [7, 11) is 1.56. The molecule has 0 spiro atoms. The predicted molar refractivity (Wildman–Crippen MR) is 120 cm³/mol. The second-order valence-electron chi connectivity index (χ2n) is 7.66. The van der Waals surface area contributed by atoms with E-state index in [2.05, 4.69) is 22.4 Å². The van der Waals surface area contributed by atoms with E-state index in [0.717, 1.165) is 66.4 Å². The quantitative estimate of drug-likeness (QED) is 0.519. The highest BCUT2D eigenvalue weighted by Gasteiger charge is 2.22. The molecule has 1 unspecified atom stereocenters. The topological polar surface area (TPSA) is 97.2 Å². The van der Waals surface area contributed by atoms with E-state index in [1.54, 1.807) is 19.4 Å². The lowest BCUT2D eigenvalue weighted by atomic mass is 9.98. The molecule has 3 aromatic heterocycles. The van der Waals surface area contributed by atoms with Gasteiger partial charge in [0.15, 0.2) is 0 Å². The number of pyridine rings is 2. The summed E-state index contributed by atoms with van der Waals surface area (Å²) in [6, 6.07) is 7.91. The molecular weight excluding hydrogens is 412 g/mol. The van der Waals surface area contributed by atoms with Crippen LogP contribution in [0.5, 0.6) is 5.88 Å². The van der Waals surface area contributed by atoms with E-state index in [-0.39, 0.29) is 12.3 Å². The van der Waals surface area contributed by atoms with Crippen molar-refractivity contribution >= 4 is 23.1 Å². The van der Waals surface area contributed by atoms with E-state index < -0.39 is 5.97 Å². The average Bonchev–Trinajstić information content (AvgIpc) is 3.26. The van der Waals surface area contributed by atoms with Gasteiger partial charge < -0.3 is 15.2 Å². The minimum atomic E-state index is -0.857. The SMILES string of the molecule is COc1ccc(C(CC(=O)O)c2nc(CCCc3ccc4c(n3)NCCC4)cs2)cn1. The Morgan fingerprint density at radius 1 is 1.23 bits per heavy atom. The van der Waals surface area contributed by atoms with Crippen LogP contribution in [-0.4, -0.2) is 39.7 Å². The van der Waals surface area contributed by atoms with Crippen molar-refractivity contribution in [1.82, 2.24) is 15.0 Å². The number of carboxylic acid groups (broad SMARTS) is 1. The molecule has 31 heavy (non-hydrogen) atoms. The lowest BCUT2D eigenvalue weighted by Gasteiger charge is -2.17. The van der Waals surface area contributed by atoms with E-state index in [9.17, 15) is 9.90 Å². The van der Waals surface area contributed by atoms with Crippen LogP contribution in [0.15, 0.2) is 35.8 Å². The van der Waals surface area contributed by atoms with Gasteiger partial charge in [0, 0.05) is 35.8 Å². The van der Waals surface area contributed by atoms with Crippen LogP contribution in [0.1, 0.15) is 52.7 Å². The number of hydrogen-bond donors (Lipinski definition) is 2. The standard InChI is InChI=1S/C23H26N4O3S/c1-30-20-10-8-16(13-25-20)19(12-21(28)29)23-27-18(14-31-23)6-2-5-17-9-7-15-4-3-11-24-22(15)26-17/h7-10,13-14,19H,2-6,11-12H2,1H3,(H,24,26)(H,28,29). The van der Waals surface area contributed by atoms with Gasteiger partial charge in [-0.3, -0.25) is 4.79 Å². The number of hydrogen-bond acceptors (Lipinski definition) is 7. The number of aliphatic carboxylic acids is 1. The maximum Gasteiger partial charge on any atom is 0.304 e. The minimum absolute atomic E-state index is 0.0208. The number of carbonyl (C=O) groups is 1. The average molecular weight is 439 g/mol. The smallest absolute Gasteiger partial charge is 0.304 e. The van der Waals surface area contributed by atoms with Crippen molar-refractivity contribution in [2.75, 3.05) is 19.0 Å². The van der Waals surface area contributed by atoms with Gasteiger partial charge in [-0.25, -0.2) is 15.0 Å². The maximum atomic E-state index is 11.4. The van der Waals surface area contributed by atoms with Gasteiger partial charge in [-0.05, 0) is 49.3 Å². The normalized spacial score (nSPS) is 13.8. The van der Waals surface area contributed by atoms with Crippen LogP contribution in [0.4, 0.5) is 5.82 Å². The fraction of sp³-hybridized carbons (Fsp3) is 0.391. The molecule has 4 heterocycles. The molecule has 0 fully saturated rings. The molecule has 3 aromatic rings. The van der Waals surface area contributed by atoms with Crippen LogP contribution in [0.25, 0.3) is 0 Å². The Morgan fingerprint density at radius 3 is 2.87 bits per heavy atom. The van der Waals surface area contributed by atoms with Gasteiger partial charge in [-0.15, -0.1) is 11.3 Å². The van der Waals surface area contributed by atoms with Gasteiger partial charge in [0.05, 0.1) is 19.2 Å². The van der Waals surface area contributed by atoms with Crippen molar-refractivity contribution in [3.05, 3.63) is 63.4 Å². The first-order valence-electron chi connectivity index (χ1n) is 10.5. The highest BCUT2D eigenvalue weighted by Crippen LogP contribution is 2.31. The number of carboxylic acids is 1. The number of ether oxygens (including phenoxy) is 1. The summed E-state index contributed by atoms with van der Waals surface area (Å²) in [6.07, 6.45) is 6.58. The summed E-state index contributed by atoms with van der Waals surface area (Å²) in [5.74, 6) is 0.362. The number of aromatic nitrogens is 3. The monoisotopic (exact) mass is 438 g/mol. The van der Waals surface area contributed by atoms with E-state index in [1.165, 1.54) is 16.9 Å². The van der Waals surface area contributed by atoms with Gasteiger partial charge >= 0.3 is 5.97 Å². The molecule has 1 aliphatic heterocycles. The molecule has 8 heteroatoms. The minimum Gasteiger partial charge on any atom is -0.481 e. The molecule has 0 aromatic carbocycles. The summed E-state index contributed by atoms with van der Waals surface area (Å²) in [5, 5.41) is 15.6. The number of methoxy groups -OCH3 is 1. The molecule has 1 aliphatic rings. The van der Waals surface area contributed by atoms with Crippen molar-refractivity contribution in [2.24, 2.45) is 0 Å². The van der Waals surface area contributed by atoms with E-state index in [0.29, 0.717) is 5.88 Å². The van der Waals surface area contributed by atoms with E-state index in [4.69, 9.17) is 14.7 Å². The van der Waals surface area contributed by atoms with Gasteiger partial charge in [0.2, 0.25) is 5.88 Å².